The van der Waals surface area contributed by atoms with E-state index in [1.807, 2.05) is 0 Å². The third kappa shape index (κ3) is 7.06. The van der Waals surface area contributed by atoms with E-state index in [-0.39, 0.29) is 12.5 Å². The van der Waals surface area contributed by atoms with Crippen LogP contribution in [0, 0.1) is 0 Å². The Morgan fingerprint density at radius 3 is 2.73 bits per heavy atom. The molecular weight excluding hydrogens is 142 g/mol. The molecule has 0 unspecified atom stereocenters. The third-order valence-corrected chi connectivity index (χ3v) is 1.33. The predicted octanol–water partition coefficient (Wildman–Crippen LogP) is 0.799. The van der Waals surface area contributed by atoms with E-state index < -0.39 is 0 Å². The first kappa shape index (κ1) is 10.2. The van der Waals surface area contributed by atoms with Gasteiger partial charge in [-0.05, 0) is 19.0 Å². The highest BCUT2D eigenvalue weighted by atomic mass is 16.2. The summed E-state index contributed by atoms with van der Waals surface area (Å²) < 4.78 is 0. The third-order valence-electron chi connectivity index (χ3n) is 1.33. The van der Waals surface area contributed by atoms with Gasteiger partial charge in [-0.2, -0.15) is 0 Å². The largest absolute Gasteiger partial charge is 0.396 e. The van der Waals surface area contributed by atoms with Gasteiger partial charge in [0.25, 0.3) is 0 Å². The Balaban J connectivity index is 3.10. The number of hydrogen-bond donors (Lipinski definition) is 2. The molecule has 2 N–H and O–H groups in total. The normalized spacial score (nSPS) is 9.18. The molecule has 1 amide bonds. The topological polar surface area (TPSA) is 49.3 Å². The number of carbonyl (C=O) groups is 1. The Morgan fingerprint density at radius 2 is 2.18 bits per heavy atom. The fourth-order valence-electron chi connectivity index (χ4n) is 0.760. The molecule has 0 aliphatic carbocycles. The van der Waals surface area contributed by atoms with Crippen LogP contribution in [0.4, 0.5) is 0 Å². The maximum Gasteiger partial charge on any atom is 0.223 e. The number of carbonyl (C=O) groups excluding carboxylic acids is 1. The summed E-state index contributed by atoms with van der Waals surface area (Å²) in [6.07, 6.45) is 4.42. The first-order valence-electron chi connectivity index (χ1n) is 3.82. The summed E-state index contributed by atoms with van der Waals surface area (Å²) in [5, 5.41) is 10.9. The van der Waals surface area contributed by atoms with Gasteiger partial charge in [-0.3, -0.25) is 4.79 Å². The molecule has 0 saturated carbocycles. The van der Waals surface area contributed by atoms with Crippen molar-refractivity contribution in [2.24, 2.45) is 0 Å². The second kappa shape index (κ2) is 7.28. The van der Waals surface area contributed by atoms with Crippen LogP contribution in [0.5, 0.6) is 0 Å². The van der Waals surface area contributed by atoms with Crippen LogP contribution in [-0.2, 0) is 4.79 Å². The summed E-state index contributed by atoms with van der Waals surface area (Å²) in [6.45, 7) is 3.58. The Bertz CT molecular complexity index is 123. The van der Waals surface area contributed by atoms with Crippen molar-refractivity contribution in [2.75, 3.05) is 6.61 Å². The summed E-state index contributed by atoms with van der Waals surface area (Å²) >= 11 is 0. The van der Waals surface area contributed by atoms with Crippen LogP contribution in [0.3, 0.4) is 0 Å². The standard InChI is InChI=1S/C8H15NO2/c1-2-9-8(11)6-4-3-5-7-10/h2,10H,1,3-7H2,(H,9,11). The molecule has 0 radical (unpaired) electrons. The predicted molar refractivity (Wildman–Crippen MR) is 43.9 cm³/mol. The van der Waals surface area contributed by atoms with E-state index >= 15 is 0 Å². The monoisotopic (exact) mass is 157 g/mol. The lowest BCUT2D eigenvalue weighted by molar-refractivity contribution is -0.120. The van der Waals surface area contributed by atoms with Gasteiger partial charge in [-0.15, -0.1) is 0 Å². The molecule has 0 aromatic heterocycles. The molecule has 0 atom stereocenters. The van der Waals surface area contributed by atoms with Gasteiger partial charge in [0.2, 0.25) is 5.91 Å². The number of amides is 1. The summed E-state index contributed by atoms with van der Waals surface area (Å²) in [5.41, 5.74) is 0. The second-order valence-electron chi connectivity index (χ2n) is 2.31. The first-order chi connectivity index (χ1) is 5.31. The average Bonchev–Trinajstić information content (AvgIpc) is 1.99. The van der Waals surface area contributed by atoms with Crippen molar-refractivity contribution in [3.63, 3.8) is 0 Å². The molecule has 0 heterocycles. The minimum atomic E-state index is -0.00191. The van der Waals surface area contributed by atoms with Gasteiger partial charge < -0.3 is 10.4 Å². The van der Waals surface area contributed by atoms with Gasteiger partial charge in [0.05, 0.1) is 0 Å². The maximum atomic E-state index is 10.8. The molecule has 0 saturated heterocycles. The number of aliphatic hydroxyl groups excluding tert-OH is 1. The number of unbranched alkanes of at least 4 members (excludes halogenated alkanes) is 2. The molecule has 0 spiro atoms. The lowest BCUT2D eigenvalue weighted by Crippen LogP contribution is -2.15. The minimum Gasteiger partial charge on any atom is -0.396 e. The zero-order valence-corrected chi connectivity index (χ0v) is 6.68. The zero-order valence-electron chi connectivity index (χ0n) is 6.68. The molecule has 0 aliphatic heterocycles. The van der Waals surface area contributed by atoms with Gasteiger partial charge in [-0.25, -0.2) is 0 Å². The molecule has 11 heavy (non-hydrogen) atoms. The van der Waals surface area contributed by atoms with Crippen molar-refractivity contribution in [3.8, 4) is 0 Å². The number of hydrogen-bond acceptors (Lipinski definition) is 2. The molecule has 3 heteroatoms. The van der Waals surface area contributed by atoms with Crippen molar-refractivity contribution < 1.29 is 9.90 Å². The number of aliphatic hydroxyl groups is 1. The maximum absolute atomic E-state index is 10.8. The van der Waals surface area contributed by atoms with Crippen LogP contribution >= 0.6 is 0 Å². The highest BCUT2D eigenvalue weighted by Gasteiger charge is 1.96. The average molecular weight is 157 g/mol. The summed E-state index contributed by atoms with van der Waals surface area (Å²) in [6, 6.07) is 0. The number of rotatable bonds is 6. The van der Waals surface area contributed by atoms with E-state index in [1.165, 1.54) is 6.20 Å². The van der Waals surface area contributed by atoms with Crippen LogP contribution in [0.2, 0.25) is 0 Å². The van der Waals surface area contributed by atoms with E-state index in [1.54, 1.807) is 0 Å². The smallest absolute Gasteiger partial charge is 0.223 e. The molecule has 0 bridgehead atoms. The Kier molecular flexibility index (Phi) is 6.73. The molecule has 64 valence electrons. The summed E-state index contributed by atoms with van der Waals surface area (Å²) in [5.74, 6) is -0.00191. The van der Waals surface area contributed by atoms with Gasteiger partial charge >= 0.3 is 0 Å². The highest BCUT2D eigenvalue weighted by molar-refractivity contribution is 5.76. The fourth-order valence-corrected chi connectivity index (χ4v) is 0.760. The van der Waals surface area contributed by atoms with Crippen LogP contribution < -0.4 is 5.32 Å². The molecule has 0 aliphatic rings. The van der Waals surface area contributed by atoms with E-state index in [9.17, 15) is 4.79 Å². The van der Waals surface area contributed by atoms with Gasteiger partial charge in [-0.1, -0.05) is 13.0 Å². The Labute approximate surface area is 67.1 Å². The van der Waals surface area contributed by atoms with Crippen LogP contribution in [0.25, 0.3) is 0 Å². The second-order valence-corrected chi connectivity index (χ2v) is 2.31. The van der Waals surface area contributed by atoms with Gasteiger partial charge in [0.1, 0.15) is 0 Å². The fraction of sp³-hybridized carbons (Fsp3) is 0.625. The molecule has 0 fully saturated rings. The highest BCUT2D eigenvalue weighted by Crippen LogP contribution is 1.98. The molecule has 0 aromatic rings. The molecular formula is C8H15NO2. The van der Waals surface area contributed by atoms with E-state index in [0.717, 1.165) is 19.3 Å². The van der Waals surface area contributed by atoms with Crippen molar-refractivity contribution in [1.82, 2.24) is 5.32 Å². The lowest BCUT2D eigenvalue weighted by Gasteiger charge is -1.98. The molecule has 0 aromatic carbocycles. The SMILES string of the molecule is C=CNC(=O)CCCCCO. The molecule has 3 nitrogen and oxygen atoms in total. The quantitative estimate of drug-likeness (QED) is 0.560. The van der Waals surface area contributed by atoms with Crippen LogP contribution in [0.15, 0.2) is 12.8 Å². The summed E-state index contributed by atoms with van der Waals surface area (Å²) in [4.78, 5) is 10.8. The van der Waals surface area contributed by atoms with E-state index in [2.05, 4.69) is 11.9 Å². The van der Waals surface area contributed by atoms with Gasteiger partial charge in [0.15, 0.2) is 0 Å². The number of nitrogens with one attached hydrogen (secondary N) is 1. The lowest BCUT2D eigenvalue weighted by atomic mass is 10.2. The molecule has 0 rings (SSSR count). The van der Waals surface area contributed by atoms with Crippen molar-refractivity contribution in [3.05, 3.63) is 12.8 Å². The van der Waals surface area contributed by atoms with Crippen molar-refractivity contribution >= 4 is 5.91 Å². The van der Waals surface area contributed by atoms with Gasteiger partial charge in [0, 0.05) is 13.0 Å². The Hall–Kier alpha value is -0.830. The van der Waals surface area contributed by atoms with Crippen molar-refractivity contribution in [1.29, 1.82) is 0 Å². The van der Waals surface area contributed by atoms with E-state index in [4.69, 9.17) is 5.11 Å². The van der Waals surface area contributed by atoms with Crippen molar-refractivity contribution in [2.45, 2.75) is 25.7 Å². The Morgan fingerprint density at radius 1 is 1.45 bits per heavy atom. The van der Waals surface area contributed by atoms with Crippen LogP contribution in [-0.4, -0.2) is 17.6 Å². The minimum absolute atomic E-state index is 0.00191. The summed E-state index contributed by atoms with van der Waals surface area (Å²) in [7, 11) is 0. The first-order valence-corrected chi connectivity index (χ1v) is 3.82. The van der Waals surface area contributed by atoms with E-state index in [0.29, 0.717) is 6.42 Å². The van der Waals surface area contributed by atoms with Crippen LogP contribution in [0.1, 0.15) is 25.7 Å². The zero-order chi connectivity index (χ0) is 8.53.